The van der Waals surface area contributed by atoms with E-state index in [0.717, 1.165) is 12.1 Å². The molecule has 0 bridgehead atoms. The molecular weight excluding hydrogens is 485 g/mol. The van der Waals surface area contributed by atoms with Gasteiger partial charge in [0, 0.05) is 37.2 Å². The maximum Gasteiger partial charge on any atom is 0.416 e. The molecule has 3 aromatic heterocycles. The lowest BCUT2D eigenvalue weighted by Crippen LogP contribution is -2.09. The van der Waals surface area contributed by atoms with Crippen molar-refractivity contribution >= 4 is 28.8 Å². The minimum Gasteiger partial charge on any atom is -0.360 e. The Hall–Kier alpha value is -3.86. The number of rotatable bonds is 6. The van der Waals surface area contributed by atoms with Crippen molar-refractivity contribution in [3.63, 3.8) is 0 Å². The highest BCUT2D eigenvalue weighted by Gasteiger charge is 2.32. The van der Waals surface area contributed by atoms with Crippen LogP contribution in [0.3, 0.4) is 0 Å². The van der Waals surface area contributed by atoms with Crippen LogP contribution in [-0.2, 0) is 12.6 Å². The molecular formula is C23H16ClF3N6O2. The number of aliphatic imine (C=N–C) groups is 1. The smallest absolute Gasteiger partial charge is 0.360 e. The highest BCUT2D eigenvalue weighted by Crippen LogP contribution is 2.36. The van der Waals surface area contributed by atoms with Crippen molar-refractivity contribution in [3.05, 3.63) is 76.3 Å². The molecule has 1 aliphatic heterocycles. The van der Waals surface area contributed by atoms with Crippen molar-refractivity contribution in [2.24, 2.45) is 4.99 Å². The number of ketones is 1. The first-order chi connectivity index (χ1) is 16.7. The van der Waals surface area contributed by atoms with Crippen LogP contribution in [0.4, 0.5) is 18.9 Å². The molecule has 0 fully saturated rings. The molecule has 178 valence electrons. The summed E-state index contributed by atoms with van der Waals surface area (Å²) in [6, 6.07) is 5.08. The van der Waals surface area contributed by atoms with Crippen molar-refractivity contribution in [1.82, 2.24) is 25.1 Å². The summed E-state index contributed by atoms with van der Waals surface area (Å²) in [5.41, 5.74) is 1.49. The SMILES string of the molecule is C[C@@H](CC(=O)c1ncnc(-c2ncc[nH]2)c1Cl)c1cc(C2=Nc3ccc(C(F)(F)F)cc3C2)no1. The molecule has 1 aliphatic rings. The largest absolute Gasteiger partial charge is 0.416 e. The molecule has 1 atom stereocenters. The van der Waals surface area contributed by atoms with E-state index in [0.29, 0.717) is 39.9 Å². The molecule has 0 saturated carbocycles. The Kier molecular flexibility index (Phi) is 5.72. The molecule has 0 spiro atoms. The topological polar surface area (TPSA) is 110 Å². The number of carbonyl (C=O) groups is 1. The van der Waals surface area contributed by atoms with E-state index in [1.54, 1.807) is 25.4 Å². The Morgan fingerprint density at radius 2 is 2.06 bits per heavy atom. The Bertz CT molecular complexity index is 1450. The van der Waals surface area contributed by atoms with Crippen LogP contribution >= 0.6 is 11.6 Å². The van der Waals surface area contributed by atoms with Crippen LogP contribution in [0.2, 0.25) is 5.02 Å². The standard InChI is InChI=1S/C23H16ClF3N6O2/c1-11(6-17(34)20-19(24)21(31-10-30-20)22-28-4-5-29-22)18-9-16(33-35-18)15-8-12-7-13(23(25,26)27)2-3-14(12)32-15/h2-5,7,9-11H,6,8H2,1H3,(H,28,29)/t11-/m0/s1. The van der Waals surface area contributed by atoms with E-state index in [1.807, 2.05) is 0 Å². The minimum absolute atomic E-state index is 0.0323. The molecule has 0 unspecified atom stereocenters. The fourth-order valence-electron chi connectivity index (χ4n) is 3.78. The second-order valence-corrected chi connectivity index (χ2v) is 8.42. The van der Waals surface area contributed by atoms with E-state index >= 15 is 0 Å². The maximum absolute atomic E-state index is 13.0. The molecule has 1 N–H and O–H groups in total. The molecule has 0 radical (unpaired) electrons. The van der Waals surface area contributed by atoms with Gasteiger partial charge in [0.25, 0.3) is 0 Å². The number of aromatic nitrogens is 5. The number of nitrogens with zero attached hydrogens (tertiary/aromatic N) is 5. The van der Waals surface area contributed by atoms with E-state index in [9.17, 15) is 18.0 Å². The van der Waals surface area contributed by atoms with Gasteiger partial charge < -0.3 is 9.51 Å². The lowest BCUT2D eigenvalue weighted by atomic mass is 9.99. The van der Waals surface area contributed by atoms with Crippen LogP contribution in [0.15, 0.2) is 52.5 Å². The lowest BCUT2D eigenvalue weighted by Gasteiger charge is -2.08. The van der Waals surface area contributed by atoms with Gasteiger partial charge in [0.15, 0.2) is 11.6 Å². The fourth-order valence-corrected chi connectivity index (χ4v) is 4.08. The molecule has 4 aromatic rings. The summed E-state index contributed by atoms with van der Waals surface area (Å²) in [6.45, 7) is 1.78. The monoisotopic (exact) mass is 500 g/mol. The average molecular weight is 501 g/mol. The minimum atomic E-state index is -4.42. The fraction of sp³-hybridized carbons (Fsp3) is 0.217. The van der Waals surface area contributed by atoms with Gasteiger partial charge in [-0.05, 0) is 23.8 Å². The third-order valence-corrected chi connectivity index (χ3v) is 5.96. The first-order valence-corrected chi connectivity index (χ1v) is 10.9. The average Bonchev–Trinajstić information content (AvgIpc) is 3.58. The molecule has 1 aromatic carbocycles. The molecule has 5 rings (SSSR count). The number of hydrogen-bond acceptors (Lipinski definition) is 7. The quantitative estimate of drug-likeness (QED) is 0.346. The van der Waals surface area contributed by atoms with Crippen LogP contribution in [-0.4, -0.2) is 36.6 Å². The van der Waals surface area contributed by atoms with Crippen LogP contribution in [0.25, 0.3) is 11.5 Å². The van der Waals surface area contributed by atoms with Crippen molar-refractivity contribution in [2.45, 2.75) is 31.9 Å². The van der Waals surface area contributed by atoms with Gasteiger partial charge in [-0.15, -0.1) is 0 Å². The second kappa shape index (κ2) is 8.73. The number of carbonyl (C=O) groups excluding carboxylic acids is 1. The van der Waals surface area contributed by atoms with Crippen molar-refractivity contribution in [2.75, 3.05) is 0 Å². The molecule has 0 saturated heterocycles. The van der Waals surface area contributed by atoms with Gasteiger partial charge in [0.2, 0.25) is 0 Å². The highest BCUT2D eigenvalue weighted by atomic mass is 35.5. The molecule has 12 heteroatoms. The number of fused-ring (bicyclic) bond motifs is 1. The molecule has 0 aliphatic carbocycles. The van der Waals surface area contributed by atoms with Gasteiger partial charge in [-0.3, -0.25) is 9.79 Å². The van der Waals surface area contributed by atoms with Crippen molar-refractivity contribution < 1.29 is 22.5 Å². The lowest BCUT2D eigenvalue weighted by molar-refractivity contribution is -0.137. The zero-order valence-electron chi connectivity index (χ0n) is 18.1. The summed E-state index contributed by atoms with van der Waals surface area (Å²) in [5.74, 6) is 0.156. The summed E-state index contributed by atoms with van der Waals surface area (Å²) in [7, 11) is 0. The highest BCUT2D eigenvalue weighted by molar-refractivity contribution is 6.35. The van der Waals surface area contributed by atoms with Gasteiger partial charge in [0.1, 0.15) is 29.2 Å². The van der Waals surface area contributed by atoms with Crippen LogP contribution < -0.4 is 0 Å². The van der Waals surface area contributed by atoms with Gasteiger partial charge in [-0.25, -0.2) is 15.0 Å². The van der Waals surface area contributed by atoms with E-state index in [2.05, 4.69) is 30.1 Å². The molecule has 35 heavy (non-hydrogen) atoms. The van der Waals surface area contributed by atoms with E-state index in [4.69, 9.17) is 16.1 Å². The summed E-state index contributed by atoms with van der Waals surface area (Å²) >= 11 is 6.37. The molecule has 0 amide bonds. The Balaban J connectivity index is 1.30. The maximum atomic E-state index is 13.0. The summed E-state index contributed by atoms with van der Waals surface area (Å²) < 4.78 is 44.4. The van der Waals surface area contributed by atoms with Crippen LogP contribution in [0.1, 0.15) is 52.3 Å². The number of alkyl halides is 3. The van der Waals surface area contributed by atoms with Gasteiger partial charge in [-0.2, -0.15) is 13.2 Å². The first kappa shape index (κ1) is 22.9. The third-order valence-electron chi connectivity index (χ3n) is 5.60. The predicted octanol–water partition coefficient (Wildman–Crippen LogP) is 5.58. The van der Waals surface area contributed by atoms with Crippen LogP contribution in [0, 0.1) is 0 Å². The number of imidazole rings is 1. The summed E-state index contributed by atoms with van der Waals surface area (Å²) in [5, 5.41) is 4.11. The summed E-state index contributed by atoms with van der Waals surface area (Å²) in [6.07, 6.45) is 0.206. The van der Waals surface area contributed by atoms with Crippen molar-refractivity contribution in [3.8, 4) is 11.5 Å². The van der Waals surface area contributed by atoms with Gasteiger partial charge >= 0.3 is 6.18 Å². The zero-order chi connectivity index (χ0) is 24.7. The second-order valence-electron chi connectivity index (χ2n) is 8.04. The van der Waals surface area contributed by atoms with E-state index < -0.39 is 11.7 Å². The van der Waals surface area contributed by atoms with Crippen molar-refractivity contribution in [1.29, 1.82) is 0 Å². The Morgan fingerprint density at radius 3 is 2.80 bits per heavy atom. The summed E-state index contributed by atoms with van der Waals surface area (Å²) in [4.78, 5) is 32.4. The number of aromatic amines is 1. The number of Topliss-reactive ketones (excluding diaryl/α,β-unsaturated/α-hetero) is 1. The van der Waals surface area contributed by atoms with E-state index in [-0.39, 0.29) is 35.3 Å². The predicted molar refractivity (Wildman–Crippen MR) is 120 cm³/mol. The van der Waals surface area contributed by atoms with E-state index in [1.165, 1.54) is 12.4 Å². The number of nitrogens with one attached hydrogen (secondary N) is 1. The van der Waals surface area contributed by atoms with Gasteiger partial charge in [0.05, 0.1) is 22.0 Å². The Morgan fingerprint density at radius 1 is 1.23 bits per heavy atom. The molecule has 4 heterocycles. The number of hydrogen-bond donors (Lipinski definition) is 1. The first-order valence-electron chi connectivity index (χ1n) is 10.5. The van der Waals surface area contributed by atoms with Gasteiger partial charge in [-0.1, -0.05) is 23.7 Å². The zero-order valence-corrected chi connectivity index (χ0v) is 18.9. The molecule has 8 nitrogen and oxygen atoms in total. The number of halogens is 4. The number of benzene rings is 1. The van der Waals surface area contributed by atoms with Crippen LogP contribution in [0.5, 0.6) is 0 Å². The number of H-pyrrole nitrogens is 1. The normalized spacial score (nSPS) is 14.0. The Labute approximate surface area is 201 Å². The third kappa shape index (κ3) is 4.46.